The zero-order valence-corrected chi connectivity index (χ0v) is 13.5. The summed E-state index contributed by atoms with van der Waals surface area (Å²) < 4.78 is 27.2. The van der Waals surface area contributed by atoms with Crippen LogP contribution in [0.15, 0.2) is 27.7 Å². The number of amides is 1. The molecule has 8 heteroatoms. The van der Waals surface area contributed by atoms with Gasteiger partial charge in [0.05, 0.1) is 6.04 Å². The monoisotopic (exact) mass is 328 g/mol. The lowest BCUT2D eigenvalue weighted by atomic mass is 10.1. The number of hydrogen-bond donors (Lipinski definition) is 2. The molecule has 0 aliphatic carbocycles. The molecule has 2 heterocycles. The maximum atomic E-state index is 12.0. The van der Waals surface area contributed by atoms with Crippen LogP contribution in [0.25, 0.3) is 0 Å². The number of nitrogens with two attached hydrogens (primary N) is 1. The molecule has 1 atom stereocenters. The van der Waals surface area contributed by atoms with E-state index in [-0.39, 0.29) is 11.8 Å². The highest BCUT2D eigenvalue weighted by molar-refractivity contribution is 7.89. The zero-order valence-electron chi connectivity index (χ0n) is 11.8. The summed E-state index contributed by atoms with van der Waals surface area (Å²) in [6.45, 7) is 5.85. The van der Waals surface area contributed by atoms with Gasteiger partial charge < -0.3 is 9.73 Å². The number of carbonyl (C=O) groups excluding carboxylic acids is 1. The third-order valence-corrected chi connectivity index (χ3v) is 4.74. The van der Waals surface area contributed by atoms with Crippen molar-refractivity contribution in [2.45, 2.75) is 31.9 Å². The van der Waals surface area contributed by atoms with Crippen molar-refractivity contribution < 1.29 is 17.6 Å². The Labute approximate surface area is 127 Å². The summed E-state index contributed by atoms with van der Waals surface area (Å²) in [4.78, 5) is 14.3. The first-order valence-electron chi connectivity index (χ1n) is 6.19. The summed E-state index contributed by atoms with van der Waals surface area (Å²) >= 11 is 1.66. The van der Waals surface area contributed by atoms with Gasteiger partial charge in [0.1, 0.15) is 0 Å². The van der Waals surface area contributed by atoms with Crippen molar-refractivity contribution >= 4 is 27.3 Å². The van der Waals surface area contributed by atoms with Crippen LogP contribution in [0.1, 0.15) is 38.8 Å². The predicted molar refractivity (Wildman–Crippen MR) is 79.8 cm³/mol. The van der Waals surface area contributed by atoms with Crippen molar-refractivity contribution in [3.05, 3.63) is 39.3 Å². The summed E-state index contributed by atoms with van der Waals surface area (Å²) in [6.07, 6.45) is 0. The molecule has 2 aromatic rings. The Kier molecular flexibility index (Phi) is 4.22. The van der Waals surface area contributed by atoms with Crippen molar-refractivity contribution in [1.29, 1.82) is 0 Å². The van der Waals surface area contributed by atoms with Gasteiger partial charge in [-0.1, -0.05) is 0 Å². The van der Waals surface area contributed by atoms with E-state index >= 15 is 0 Å². The zero-order chi connectivity index (χ0) is 15.8. The van der Waals surface area contributed by atoms with Crippen molar-refractivity contribution in [3.8, 4) is 0 Å². The van der Waals surface area contributed by atoms with Gasteiger partial charge in [0, 0.05) is 9.75 Å². The average Bonchev–Trinajstić information content (AvgIpc) is 2.95. The van der Waals surface area contributed by atoms with Crippen LogP contribution in [0.4, 0.5) is 0 Å². The molecule has 2 rings (SSSR count). The number of primary sulfonamides is 1. The van der Waals surface area contributed by atoms with Crippen LogP contribution in [-0.2, 0) is 10.0 Å². The molecule has 1 amide bonds. The molecule has 0 aromatic carbocycles. The van der Waals surface area contributed by atoms with Gasteiger partial charge in [-0.3, -0.25) is 4.79 Å². The number of rotatable bonds is 4. The average molecular weight is 328 g/mol. The fourth-order valence-electron chi connectivity index (χ4n) is 2.02. The van der Waals surface area contributed by atoms with Gasteiger partial charge >= 0.3 is 0 Å². The van der Waals surface area contributed by atoms with Crippen molar-refractivity contribution in [2.75, 3.05) is 0 Å². The lowest BCUT2D eigenvalue weighted by Gasteiger charge is -2.12. The fraction of sp³-hybridized carbons (Fsp3) is 0.308. The number of furan rings is 1. The van der Waals surface area contributed by atoms with Crippen molar-refractivity contribution in [2.24, 2.45) is 5.14 Å². The van der Waals surface area contributed by atoms with Gasteiger partial charge in [-0.05, 0) is 44.5 Å². The second-order valence-corrected chi connectivity index (χ2v) is 7.68. The second kappa shape index (κ2) is 5.63. The van der Waals surface area contributed by atoms with E-state index in [2.05, 4.69) is 5.32 Å². The molecule has 6 nitrogen and oxygen atoms in total. The van der Waals surface area contributed by atoms with E-state index in [1.54, 1.807) is 11.3 Å². The maximum Gasteiger partial charge on any atom is 0.287 e. The van der Waals surface area contributed by atoms with Gasteiger partial charge in [0.25, 0.3) is 15.9 Å². The van der Waals surface area contributed by atoms with E-state index in [1.165, 1.54) is 6.07 Å². The third kappa shape index (κ3) is 3.52. The van der Waals surface area contributed by atoms with Gasteiger partial charge in [-0.2, -0.15) is 0 Å². The second-order valence-electron chi connectivity index (χ2n) is 4.73. The highest BCUT2D eigenvalue weighted by Gasteiger charge is 2.20. The fourth-order valence-corrected chi connectivity index (χ4v) is 3.51. The Balaban J connectivity index is 2.15. The Bertz CT molecular complexity index is 774. The number of hydrogen-bond acceptors (Lipinski definition) is 5. The first kappa shape index (κ1) is 15.7. The summed E-state index contributed by atoms with van der Waals surface area (Å²) in [6, 6.07) is 4.26. The number of aryl methyl sites for hydroxylation is 2. The van der Waals surface area contributed by atoms with E-state index in [0.29, 0.717) is 0 Å². The summed E-state index contributed by atoms with van der Waals surface area (Å²) in [5, 5.41) is 7.28. The summed E-state index contributed by atoms with van der Waals surface area (Å²) in [5.41, 5.74) is 1.03. The van der Waals surface area contributed by atoms with Crippen molar-refractivity contribution in [1.82, 2.24) is 5.32 Å². The summed E-state index contributed by atoms with van der Waals surface area (Å²) in [5.74, 6) is -0.573. The number of sulfonamides is 1. The van der Waals surface area contributed by atoms with Crippen LogP contribution in [-0.4, -0.2) is 14.3 Å². The van der Waals surface area contributed by atoms with Crippen LogP contribution in [0.3, 0.4) is 0 Å². The number of nitrogens with one attached hydrogen (secondary N) is 1. The molecule has 1 unspecified atom stereocenters. The Hall–Kier alpha value is -1.64. The number of carbonyl (C=O) groups is 1. The predicted octanol–water partition coefficient (Wildman–Crippen LogP) is 2.10. The minimum Gasteiger partial charge on any atom is -0.438 e. The molecule has 0 saturated carbocycles. The molecule has 0 bridgehead atoms. The minimum atomic E-state index is -3.94. The van der Waals surface area contributed by atoms with Gasteiger partial charge in [-0.15, -0.1) is 11.3 Å². The summed E-state index contributed by atoms with van der Waals surface area (Å²) in [7, 11) is -3.94. The van der Waals surface area contributed by atoms with Crippen LogP contribution in [0.5, 0.6) is 0 Å². The first-order valence-corrected chi connectivity index (χ1v) is 8.55. The van der Waals surface area contributed by atoms with Gasteiger partial charge in [0.2, 0.25) is 5.09 Å². The largest absolute Gasteiger partial charge is 0.438 e. The standard InChI is InChI=1S/C13H16N2O4S2/c1-7-6-10(9(3)20-7)8(2)15-13(16)11-4-5-12(19-11)21(14,17)18/h4-6,8H,1-3H3,(H,15,16)(H2,14,17,18). The van der Waals surface area contributed by atoms with Crippen LogP contribution in [0.2, 0.25) is 0 Å². The molecule has 0 saturated heterocycles. The molecule has 0 aliphatic rings. The van der Waals surface area contributed by atoms with E-state index in [0.717, 1.165) is 21.4 Å². The smallest absolute Gasteiger partial charge is 0.287 e. The molecule has 2 aromatic heterocycles. The van der Waals surface area contributed by atoms with Gasteiger partial charge in [0.15, 0.2) is 5.76 Å². The lowest BCUT2D eigenvalue weighted by molar-refractivity contribution is 0.0906. The molecule has 0 radical (unpaired) electrons. The maximum absolute atomic E-state index is 12.0. The third-order valence-electron chi connectivity index (χ3n) is 2.98. The van der Waals surface area contributed by atoms with Crippen LogP contribution in [0, 0.1) is 13.8 Å². The Morgan fingerprint density at radius 2 is 2.05 bits per heavy atom. The molecular weight excluding hydrogens is 312 g/mol. The molecule has 0 fully saturated rings. The number of thiophene rings is 1. The normalized spacial score (nSPS) is 13.1. The van der Waals surface area contributed by atoms with Gasteiger partial charge in [-0.25, -0.2) is 13.6 Å². The first-order chi connectivity index (χ1) is 9.68. The molecule has 3 N–H and O–H groups in total. The molecular formula is C13H16N2O4S2. The Morgan fingerprint density at radius 1 is 1.38 bits per heavy atom. The van der Waals surface area contributed by atoms with E-state index in [4.69, 9.17) is 9.56 Å². The lowest BCUT2D eigenvalue weighted by Crippen LogP contribution is -2.26. The van der Waals surface area contributed by atoms with Crippen LogP contribution < -0.4 is 10.5 Å². The van der Waals surface area contributed by atoms with Crippen LogP contribution >= 0.6 is 11.3 Å². The quantitative estimate of drug-likeness (QED) is 0.897. The topological polar surface area (TPSA) is 102 Å². The molecule has 0 spiro atoms. The molecule has 21 heavy (non-hydrogen) atoms. The van der Waals surface area contributed by atoms with E-state index < -0.39 is 21.0 Å². The highest BCUT2D eigenvalue weighted by atomic mass is 32.2. The van der Waals surface area contributed by atoms with E-state index in [1.807, 2.05) is 26.8 Å². The Morgan fingerprint density at radius 3 is 2.52 bits per heavy atom. The minimum absolute atomic E-state index is 0.0875. The molecule has 114 valence electrons. The van der Waals surface area contributed by atoms with Crippen molar-refractivity contribution in [3.63, 3.8) is 0 Å². The van der Waals surface area contributed by atoms with E-state index in [9.17, 15) is 13.2 Å². The molecule has 0 aliphatic heterocycles. The SMILES string of the molecule is Cc1cc(C(C)NC(=O)c2ccc(S(N)(=O)=O)o2)c(C)s1. The highest BCUT2D eigenvalue weighted by Crippen LogP contribution is 2.26.